The number of anilines is 1. The molecule has 0 radical (unpaired) electrons. The second kappa shape index (κ2) is 8.20. The maximum absolute atomic E-state index is 12.2. The lowest BCUT2D eigenvalue weighted by Crippen LogP contribution is -2.12. The molecule has 0 unspecified atom stereocenters. The quantitative estimate of drug-likeness (QED) is 0.507. The first-order valence-electron chi connectivity index (χ1n) is 8.42. The molecule has 0 atom stereocenters. The molecule has 0 bridgehead atoms. The predicted molar refractivity (Wildman–Crippen MR) is 110 cm³/mol. The Kier molecular flexibility index (Phi) is 5.32. The molecule has 4 aromatic rings. The van der Waals surface area contributed by atoms with Crippen LogP contribution in [-0.2, 0) is 11.2 Å². The number of amides is 1. The molecule has 1 N–H and O–H groups in total. The molecule has 5 nitrogen and oxygen atoms in total. The molecule has 3 heterocycles. The van der Waals surface area contributed by atoms with Crippen LogP contribution in [0.5, 0.6) is 0 Å². The molecule has 0 saturated heterocycles. The summed E-state index contributed by atoms with van der Waals surface area (Å²) in [5, 5.41) is 8.81. The SMILES string of the molecule is O=C(CCc1csc(-c2ccncc2)n1)Nc1ccc(-c2nccs2)cc1. The van der Waals surface area contributed by atoms with Gasteiger partial charge in [0, 0.05) is 52.6 Å². The Morgan fingerprint density at radius 3 is 2.44 bits per heavy atom. The van der Waals surface area contributed by atoms with Gasteiger partial charge in [-0.2, -0.15) is 0 Å². The fraction of sp³-hybridized carbons (Fsp3) is 0.100. The summed E-state index contributed by atoms with van der Waals surface area (Å²) in [5.41, 5.74) is 3.82. The van der Waals surface area contributed by atoms with Gasteiger partial charge in [-0.25, -0.2) is 9.97 Å². The smallest absolute Gasteiger partial charge is 0.224 e. The van der Waals surface area contributed by atoms with Crippen LogP contribution in [-0.4, -0.2) is 20.9 Å². The molecule has 0 aliphatic heterocycles. The van der Waals surface area contributed by atoms with Crippen LogP contribution in [0.3, 0.4) is 0 Å². The molecule has 1 amide bonds. The lowest BCUT2D eigenvalue weighted by molar-refractivity contribution is -0.116. The summed E-state index contributed by atoms with van der Waals surface area (Å²) < 4.78 is 0. The second-order valence-electron chi connectivity index (χ2n) is 5.84. The number of hydrogen-bond acceptors (Lipinski definition) is 6. The van der Waals surface area contributed by atoms with Gasteiger partial charge in [0.2, 0.25) is 5.91 Å². The Morgan fingerprint density at radius 1 is 0.926 bits per heavy atom. The Bertz CT molecular complexity index is 1010. The van der Waals surface area contributed by atoms with Gasteiger partial charge in [-0.3, -0.25) is 9.78 Å². The third kappa shape index (κ3) is 4.45. The first-order valence-corrected chi connectivity index (χ1v) is 10.2. The normalized spacial score (nSPS) is 10.7. The fourth-order valence-corrected chi connectivity index (χ4v) is 4.08. The number of pyridine rings is 1. The highest BCUT2D eigenvalue weighted by Gasteiger charge is 2.08. The van der Waals surface area contributed by atoms with Crippen molar-refractivity contribution in [3.05, 3.63) is 71.4 Å². The van der Waals surface area contributed by atoms with E-state index in [0.29, 0.717) is 12.8 Å². The topological polar surface area (TPSA) is 67.8 Å². The lowest BCUT2D eigenvalue weighted by Gasteiger charge is -2.05. The number of aromatic nitrogens is 3. The molecule has 0 spiro atoms. The molecular formula is C20H16N4OS2. The van der Waals surface area contributed by atoms with Crippen molar-refractivity contribution in [1.82, 2.24) is 15.0 Å². The van der Waals surface area contributed by atoms with E-state index >= 15 is 0 Å². The Balaban J connectivity index is 1.32. The van der Waals surface area contributed by atoms with Crippen molar-refractivity contribution >= 4 is 34.3 Å². The molecule has 1 aromatic carbocycles. The molecule has 0 saturated carbocycles. The summed E-state index contributed by atoms with van der Waals surface area (Å²) in [7, 11) is 0. The van der Waals surface area contributed by atoms with Crippen LogP contribution in [0.25, 0.3) is 21.1 Å². The van der Waals surface area contributed by atoms with Gasteiger partial charge in [0.05, 0.1) is 5.69 Å². The molecule has 0 aliphatic carbocycles. The summed E-state index contributed by atoms with van der Waals surface area (Å²) in [6.45, 7) is 0. The minimum atomic E-state index is -0.0181. The van der Waals surface area contributed by atoms with Gasteiger partial charge in [-0.1, -0.05) is 0 Å². The van der Waals surface area contributed by atoms with Crippen molar-refractivity contribution in [3.63, 3.8) is 0 Å². The number of benzene rings is 1. The third-order valence-corrected chi connectivity index (χ3v) is 5.70. The van der Waals surface area contributed by atoms with Crippen molar-refractivity contribution in [3.8, 4) is 21.1 Å². The number of nitrogens with one attached hydrogen (secondary N) is 1. The van der Waals surface area contributed by atoms with Gasteiger partial charge in [-0.15, -0.1) is 22.7 Å². The Labute approximate surface area is 164 Å². The Morgan fingerprint density at radius 2 is 1.70 bits per heavy atom. The van der Waals surface area contributed by atoms with Crippen LogP contribution in [0, 0.1) is 0 Å². The van der Waals surface area contributed by atoms with Gasteiger partial charge in [-0.05, 0) is 42.8 Å². The van der Waals surface area contributed by atoms with Crippen molar-refractivity contribution in [2.45, 2.75) is 12.8 Å². The number of hydrogen-bond donors (Lipinski definition) is 1. The van der Waals surface area contributed by atoms with Crippen LogP contribution < -0.4 is 5.32 Å². The standard InChI is InChI=1S/C20H16N4OS2/c25-18(23-16-3-1-14(2-4-16)19-22-11-12-26-19)6-5-17-13-27-20(24-17)15-7-9-21-10-8-15/h1-4,7-13H,5-6H2,(H,23,25). The molecule has 0 fully saturated rings. The van der Waals surface area contributed by atoms with Crippen molar-refractivity contribution in [2.24, 2.45) is 0 Å². The highest BCUT2D eigenvalue weighted by atomic mass is 32.1. The summed E-state index contributed by atoms with van der Waals surface area (Å²) >= 11 is 3.18. The van der Waals surface area contributed by atoms with E-state index in [2.05, 4.69) is 20.3 Å². The van der Waals surface area contributed by atoms with E-state index in [0.717, 1.165) is 32.5 Å². The van der Waals surface area contributed by atoms with Crippen molar-refractivity contribution in [2.75, 3.05) is 5.32 Å². The highest BCUT2D eigenvalue weighted by Crippen LogP contribution is 2.24. The number of rotatable bonds is 6. The van der Waals surface area contributed by atoms with Gasteiger partial charge in [0.15, 0.2) is 0 Å². The lowest BCUT2D eigenvalue weighted by atomic mass is 10.2. The number of nitrogens with zero attached hydrogens (tertiary/aromatic N) is 3. The predicted octanol–water partition coefficient (Wildman–Crippen LogP) is 4.90. The van der Waals surface area contributed by atoms with E-state index in [9.17, 15) is 4.79 Å². The molecule has 4 rings (SSSR count). The molecule has 134 valence electrons. The van der Waals surface area contributed by atoms with Gasteiger partial charge in [0.25, 0.3) is 0 Å². The molecular weight excluding hydrogens is 376 g/mol. The second-order valence-corrected chi connectivity index (χ2v) is 7.60. The molecule has 0 aliphatic rings. The van der Waals surface area contributed by atoms with Crippen LogP contribution in [0.2, 0.25) is 0 Å². The van der Waals surface area contributed by atoms with Gasteiger partial charge < -0.3 is 5.32 Å². The third-order valence-electron chi connectivity index (χ3n) is 3.94. The van der Waals surface area contributed by atoms with E-state index in [1.807, 2.05) is 47.2 Å². The largest absolute Gasteiger partial charge is 0.326 e. The zero-order valence-corrected chi connectivity index (χ0v) is 16.0. The Hall–Kier alpha value is -2.90. The molecule has 3 aromatic heterocycles. The van der Waals surface area contributed by atoms with Gasteiger partial charge in [0.1, 0.15) is 10.0 Å². The van der Waals surface area contributed by atoms with E-state index in [1.54, 1.807) is 41.3 Å². The monoisotopic (exact) mass is 392 g/mol. The minimum Gasteiger partial charge on any atom is -0.326 e. The van der Waals surface area contributed by atoms with E-state index in [-0.39, 0.29) is 5.91 Å². The summed E-state index contributed by atoms with van der Waals surface area (Å²) in [5.74, 6) is -0.0181. The first kappa shape index (κ1) is 17.5. The average Bonchev–Trinajstić information content (AvgIpc) is 3.40. The number of aryl methyl sites for hydroxylation is 1. The van der Waals surface area contributed by atoms with Gasteiger partial charge >= 0.3 is 0 Å². The minimum absolute atomic E-state index is 0.0181. The number of carbonyl (C=O) groups excluding carboxylic acids is 1. The highest BCUT2D eigenvalue weighted by molar-refractivity contribution is 7.13. The summed E-state index contributed by atoms with van der Waals surface area (Å²) in [4.78, 5) is 25.1. The van der Waals surface area contributed by atoms with E-state index in [4.69, 9.17) is 0 Å². The zero-order valence-electron chi connectivity index (χ0n) is 14.3. The maximum atomic E-state index is 12.2. The van der Waals surface area contributed by atoms with E-state index in [1.165, 1.54) is 0 Å². The van der Waals surface area contributed by atoms with Crippen molar-refractivity contribution in [1.29, 1.82) is 0 Å². The fourth-order valence-electron chi connectivity index (χ4n) is 2.58. The first-order chi connectivity index (χ1) is 13.3. The van der Waals surface area contributed by atoms with Crippen LogP contribution in [0.1, 0.15) is 12.1 Å². The zero-order chi connectivity index (χ0) is 18.5. The van der Waals surface area contributed by atoms with Crippen molar-refractivity contribution < 1.29 is 4.79 Å². The maximum Gasteiger partial charge on any atom is 0.224 e. The number of thiazole rings is 2. The van der Waals surface area contributed by atoms with E-state index < -0.39 is 0 Å². The molecule has 7 heteroatoms. The average molecular weight is 393 g/mol. The van der Waals surface area contributed by atoms with Crippen LogP contribution >= 0.6 is 22.7 Å². The summed E-state index contributed by atoms with van der Waals surface area (Å²) in [6.07, 6.45) is 6.31. The summed E-state index contributed by atoms with van der Waals surface area (Å²) in [6, 6.07) is 11.6. The number of carbonyl (C=O) groups is 1. The van der Waals surface area contributed by atoms with Crippen LogP contribution in [0.4, 0.5) is 5.69 Å². The van der Waals surface area contributed by atoms with Crippen LogP contribution in [0.15, 0.2) is 65.7 Å². The molecule has 27 heavy (non-hydrogen) atoms.